The van der Waals surface area contributed by atoms with E-state index < -0.39 is 5.69 Å². The minimum absolute atomic E-state index is 0.195. The van der Waals surface area contributed by atoms with Gasteiger partial charge in [-0.15, -0.1) is 0 Å². The van der Waals surface area contributed by atoms with E-state index in [2.05, 4.69) is 0 Å². The topological polar surface area (TPSA) is 75.5 Å². The lowest BCUT2D eigenvalue weighted by molar-refractivity contribution is 0.413. The second-order valence-electron chi connectivity index (χ2n) is 7.82. The number of aromatic nitrogens is 5. The van der Waals surface area contributed by atoms with Crippen molar-refractivity contribution in [1.29, 1.82) is 0 Å². The molecule has 8 heteroatoms. The molecule has 8 nitrogen and oxygen atoms in total. The van der Waals surface area contributed by atoms with Gasteiger partial charge >= 0.3 is 5.69 Å². The monoisotopic (exact) mass is 429 g/mol. The Kier molecular flexibility index (Phi) is 4.51. The Bertz CT molecular complexity index is 1600. The van der Waals surface area contributed by atoms with Gasteiger partial charge in [-0.05, 0) is 31.5 Å². The first kappa shape index (κ1) is 19.9. The van der Waals surface area contributed by atoms with E-state index in [0.29, 0.717) is 22.7 Å². The minimum atomic E-state index is -0.398. The van der Waals surface area contributed by atoms with Gasteiger partial charge in [-0.2, -0.15) is 4.98 Å². The van der Waals surface area contributed by atoms with Crippen LogP contribution in [0.3, 0.4) is 0 Å². The Labute approximate surface area is 183 Å². The average Bonchev–Trinajstić information content (AvgIpc) is 3.31. The largest absolute Gasteiger partial charge is 0.495 e. The Balaban J connectivity index is 1.87. The molecule has 3 heterocycles. The van der Waals surface area contributed by atoms with Crippen molar-refractivity contribution in [2.75, 3.05) is 7.11 Å². The maximum Gasteiger partial charge on any atom is 0.332 e. The number of ether oxygens (including phenoxy) is 1. The number of rotatable bonds is 4. The molecule has 2 aromatic carbocycles. The van der Waals surface area contributed by atoms with Crippen LogP contribution in [-0.2, 0) is 13.6 Å². The van der Waals surface area contributed by atoms with E-state index in [4.69, 9.17) is 9.72 Å². The molecule has 0 fully saturated rings. The standard InChI is InChI=1S/C24H23N5O3/c1-15-16(2)29-20-21(25-23(29)28(15)18-12-8-9-13-19(18)32-4)26(3)24(31)27(22(20)30)14-17-10-6-5-7-11-17/h5-13H,14H2,1-4H3. The first-order valence-corrected chi connectivity index (χ1v) is 10.3. The second kappa shape index (κ2) is 7.26. The predicted octanol–water partition coefficient (Wildman–Crippen LogP) is 2.81. The molecule has 0 aliphatic carbocycles. The number of para-hydroxylation sites is 2. The summed E-state index contributed by atoms with van der Waals surface area (Å²) in [7, 11) is 3.27. The predicted molar refractivity (Wildman–Crippen MR) is 123 cm³/mol. The fourth-order valence-corrected chi connectivity index (χ4v) is 4.26. The SMILES string of the molecule is COc1ccccc1-n1c(C)c(C)n2c3c(=O)n(Cc4ccccc4)c(=O)n(C)c3nc12. The molecular formula is C24H23N5O3. The van der Waals surface area contributed by atoms with Crippen molar-refractivity contribution in [1.82, 2.24) is 23.1 Å². The summed E-state index contributed by atoms with van der Waals surface area (Å²) < 4.78 is 12.1. The molecule has 5 aromatic rings. The summed E-state index contributed by atoms with van der Waals surface area (Å²) in [6.45, 7) is 4.12. The van der Waals surface area contributed by atoms with Gasteiger partial charge < -0.3 is 4.74 Å². The van der Waals surface area contributed by atoms with Crippen LogP contribution < -0.4 is 16.0 Å². The molecule has 0 bridgehead atoms. The van der Waals surface area contributed by atoms with Crippen LogP contribution in [0.5, 0.6) is 5.75 Å². The van der Waals surface area contributed by atoms with Crippen molar-refractivity contribution in [3.05, 3.63) is 92.4 Å². The molecule has 0 N–H and O–H groups in total. The second-order valence-corrected chi connectivity index (χ2v) is 7.82. The molecule has 0 radical (unpaired) electrons. The van der Waals surface area contributed by atoms with E-state index >= 15 is 0 Å². The number of nitrogens with zero attached hydrogens (tertiary/aromatic N) is 5. The van der Waals surface area contributed by atoms with Crippen molar-refractivity contribution in [2.45, 2.75) is 20.4 Å². The van der Waals surface area contributed by atoms with Gasteiger partial charge in [0.25, 0.3) is 5.56 Å². The van der Waals surface area contributed by atoms with Crippen molar-refractivity contribution in [2.24, 2.45) is 7.05 Å². The Morgan fingerprint density at radius 2 is 1.62 bits per heavy atom. The summed E-state index contributed by atoms with van der Waals surface area (Å²) in [6.07, 6.45) is 0. The summed E-state index contributed by atoms with van der Waals surface area (Å²) in [5, 5.41) is 0. The van der Waals surface area contributed by atoms with Crippen LogP contribution in [0.2, 0.25) is 0 Å². The van der Waals surface area contributed by atoms with Crippen LogP contribution in [0.25, 0.3) is 22.6 Å². The highest BCUT2D eigenvalue weighted by molar-refractivity contribution is 5.77. The van der Waals surface area contributed by atoms with Gasteiger partial charge in [-0.3, -0.25) is 22.9 Å². The van der Waals surface area contributed by atoms with Crippen molar-refractivity contribution >= 4 is 16.9 Å². The molecule has 0 aliphatic rings. The van der Waals surface area contributed by atoms with Crippen molar-refractivity contribution in [3.63, 3.8) is 0 Å². The molecule has 0 amide bonds. The van der Waals surface area contributed by atoms with Crippen molar-refractivity contribution < 1.29 is 4.74 Å². The lowest BCUT2D eigenvalue weighted by Crippen LogP contribution is -2.39. The van der Waals surface area contributed by atoms with Gasteiger partial charge in [0.2, 0.25) is 5.78 Å². The highest BCUT2D eigenvalue weighted by atomic mass is 16.5. The van der Waals surface area contributed by atoms with Crippen LogP contribution in [0.15, 0.2) is 64.2 Å². The minimum Gasteiger partial charge on any atom is -0.495 e. The molecule has 32 heavy (non-hydrogen) atoms. The van der Waals surface area contributed by atoms with Crippen LogP contribution in [-0.4, -0.2) is 30.2 Å². The third-order valence-corrected chi connectivity index (χ3v) is 6.03. The lowest BCUT2D eigenvalue weighted by atomic mass is 10.2. The first-order chi connectivity index (χ1) is 15.4. The fourth-order valence-electron chi connectivity index (χ4n) is 4.26. The summed E-state index contributed by atoms with van der Waals surface area (Å²) >= 11 is 0. The van der Waals surface area contributed by atoms with Gasteiger partial charge in [0.15, 0.2) is 11.2 Å². The lowest BCUT2D eigenvalue weighted by Gasteiger charge is -2.11. The molecule has 0 unspecified atom stereocenters. The third-order valence-electron chi connectivity index (χ3n) is 6.03. The quantitative estimate of drug-likeness (QED) is 0.440. The third kappa shape index (κ3) is 2.72. The maximum absolute atomic E-state index is 13.6. The van der Waals surface area contributed by atoms with E-state index in [1.807, 2.05) is 77.4 Å². The van der Waals surface area contributed by atoms with E-state index in [1.165, 1.54) is 9.13 Å². The van der Waals surface area contributed by atoms with Gasteiger partial charge in [0, 0.05) is 18.4 Å². The zero-order valence-corrected chi connectivity index (χ0v) is 18.4. The maximum atomic E-state index is 13.6. The van der Waals surface area contributed by atoms with E-state index in [9.17, 15) is 9.59 Å². The summed E-state index contributed by atoms with van der Waals surface area (Å²) in [5.41, 5.74) is 3.47. The number of methoxy groups -OCH3 is 1. The molecule has 5 rings (SSSR count). The number of hydrogen-bond acceptors (Lipinski definition) is 4. The van der Waals surface area contributed by atoms with E-state index in [1.54, 1.807) is 14.2 Å². The number of benzene rings is 2. The Morgan fingerprint density at radius 1 is 0.938 bits per heavy atom. The number of aryl methyl sites for hydroxylation is 2. The molecule has 0 spiro atoms. The van der Waals surface area contributed by atoms with E-state index in [0.717, 1.165) is 22.6 Å². The number of fused-ring (bicyclic) bond motifs is 3. The first-order valence-electron chi connectivity index (χ1n) is 10.3. The molecular weight excluding hydrogens is 406 g/mol. The average molecular weight is 429 g/mol. The molecule has 0 aliphatic heterocycles. The normalized spacial score (nSPS) is 11.5. The summed E-state index contributed by atoms with van der Waals surface area (Å²) in [6, 6.07) is 17.1. The highest BCUT2D eigenvalue weighted by Gasteiger charge is 2.24. The molecule has 0 saturated heterocycles. The van der Waals surface area contributed by atoms with Crippen LogP contribution >= 0.6 is 0 Å². The molecule has 3 aromatic heterocycles. The summed E-state index contributed by atoms with van der Waals surface area (Å²) in [5.74, 6) is 1.25. The van der Waals surface area contributed by atoms with Crippen LogP contribution in [0.4, 0.5) is 0 Å². The Morgan fingerprint density at radius 3 is 2.34 bits per heavy atom. The highest BCUT2D eigenvalue weighted by Crippen LogP contribution is 2.29. The summed E-state index contributed by atoms with van der Waals surface area (Å²) in [4.78, 5) is 31.4. The zero-order valence-electron chi connectivity index (χ0n) is 18.4. The van der Waals surface area contributed by atoms with Crippen LogP contribution in [0.1, 0.15) is 17.0 Å². The number of imidazole rings is 2. The molecule has 162 valence electrons. The van der Waals surface area contributed by atoms with Gasteiger partial charge in [0.05, 0.1) is 19.3 Å². The van der Waals surface area contributed by atoms with Gasteiger partial charge in [0.1, 0.15) is 5.75 Å². The van der Waals surface area contributed by atoms with Gasteiger partial charge in [-0.25, -0.2) is 4.79 Å². The molecule has 0 saturated carbocycles. The van der Waals surface area contributed by atoms with Crippen LogP contribution in [0, 0.1) is 13.8 Å². The fraction of sp³-hybridized carbons (Fsp3) is 0.208. The zero-order chi connectivity index (χ0) is 22.6. The van der Waals surface area contributed by atoms with E-state index in [-0.39, 0.29) is 12.1 Å². The Hall–Kier alpha value is -4.07. The van der Waals surface area contributed by atoms with Gasteiger partial charge in [-0.1, -0.05) is 42.5 Å². The van der Waals surface area contributed by atoms with Crippen molar-refractivity contribution in [3.8, 4) is 11.4 Å². The smallest absolute Gasteiger partial charge is 0.332 e. The number of hydrogen-bond donors (Lipinski definition) is 0. The molecule has 0 atom stereocenters.